The van der Waals surface area contributed by atoms with Crippen LogP contribution in [0.3, 0.4) is 0 Å². The van der Waals surface area contributed by atoms with Gasteiger partial charge >= 0.3 is 0 Å². The molecule has 1 unspecified atom stereocenters. The van der Waals surface area contributed by atoms with Crippen molar-refractivity contribution in [2.75, 3.05) is 0 Å². The average molecular weight is 258 g/mol. The van der Waals surface area contributed by atoms with Crippen molar-refractivity contribution in [3.63, 3.8) is 0 Å². The molecule has 1 aromatic carbocycles. The topological polar surface area (TPSA) is 17.1 Å². The second kappa shape index (κ2) is 4.18. The van der Waals surface area contributed by atoms with Gasteiger partial charge in [0.2, 0.25) is 0 Å². The van der Waals surface area contributed by atoms with Gasteiger partial charge in [-0.15, -0.1) is 0 Å². The number of aryl methyl sites for hydroxylation is 1. The molecular weight excluding hydrogens is 251 g/mol. The van der Waals surface area contributed by atoms with Crippen molar-refractivity contribution in [3.05, 3.63) is 27.2 Å². The summed E-state index contributed by atoms with van der Waals surface area (Å²) in [6.07, 6.45) is 0. The molecule has 0 aliphatic carbocycles. The number of halogens is 3. The minimum Gasteiger partial charge on any atom is -0.237 e. The molecule has 1 atom stereocenters. The SMILES string of the molecule is Cc1cc(Cl)c(C)c(S(=O)Cl)c1Cl. The van der Waals surface area contributed by atoms with Crippen LogP contribution in [-0.2, 0) is 10.0 Å². The second-order valence-corrected chi connectivity index (χ2v) is 5.15. The fourth-order valence-corrected chi connectivity index (χ4v) is 3.08. The molecule has 13 heavy (non-hydrogen) atoms. The van der Waals surface area contributed by atoms with E-state index in [2.05, 4.69) is 0 Å². The molecule has 72 valence electrons. The fourth-order valence-electron chi connectivity index (χ4n) is 1.00. The Morgan fingerprint density at radius 1 is 1.31 bits per heavy atom. The maximum absolute atomic E-state index is 11.1. The summed E-state index contributed by atoms with van der Waals surface area (Å²) in [5.41, 5.74) is 1.45. The summed E-state index contributed by atoms with van der Waals surface area (Å²) in [6, 6.07) is 1.73. The Kier molecular flexibility index (Phi) is 3.64. The molecule has 0 saturated carbocycles. The van der Waals surface area contributed by atoms with Gasteiger partial charge in [0, 0.05) is 5.02 Å². The van der Waals surface area contributed by atoms with Crippen LogP contribution < -0.4 is 0 Å². The highest BCUT2D eigenvalue weighted by Gasteiger charge is 2.14. The van der Waals surface area contributed by atoms with Crippen LogP contribution in [0.25, 0.3) is 0 Å². The predicted molar refractivity (Wildman–Crippen MR) is 58.2 cm³/mol. The third-order valence-electron chi connectivity index (χ3n) is 1.75. The van der Waals surface area contributed by atoms with E-state index in [-0.39, 0.29) is 0 Å². The zero-order chi connectivity index (χ0) is 10.2. The standard InChI is InChI=1S/C8H7Cl3OS/c1-4-3-6(9)5(2)8(7(4)10)13(11)12/h3H,1-2H3. The van der Waals surface area contributed by atoms with Crippen LogP contribution in [0.5, 0.6) is 0 Å². The number of hydrogen-bond donors (Lipinski definition) is 0. The molecule has 1 nitrogen and oxygen atoms in total. The minimum absolute atomic E-state index is 0.410. The van der Waals surface area contributed by atoms with E-state index in [0.29, 0.717) is 20.5 Å². The molecule has 0 saturated heterocycles. The Morgan fingerprint density at radius 2 is 1.85 bits per heavy atom. The third-order valence-corrected chi connectivity index (χ3v) is 4.03. The molecule has 1 rings (SSSR count). The number of benzene rings is 1. The van der Waals surface area contributed by atoms with Crippen LogP contribution in [0.4, 0.5) is 0 Å². The van der Waals surface area contributed by atoms with Gasteiger partial charge in [0.15, 0.2) is 0 Å². The number of rotatable bonds is 1. The highest BCUT2D eigenvalue weighted by Crippen LogP contribution is 2.33. The molecule has 0 fully saturated rings. The van der Waals surface area contributed by atoms with Crippen LogP contribution in [0.1, 0.15) is 11.1 Å². The van der Waals surface area contributed by atoms with Crippen molar-refractivity contribution in [1.82, 2.24) is 0 Å². The summed E-state index contributed by atoms with van der Waals surface area (Å²) in [6.45, 7) is 3.53. The summed E-state index contributed by atoms with van der Waals surface area (Å²) >= 11 is 11.8. The lowest BCUT2D eigenvalue weighted by atomic mass is 10.2. The highest BCUT2D eigenvalue weighted by atomic mass is 35.7. The van der Waals surface area contributed by atoms with E-state index < -0.39 is 10.0 Å². The van der Waals surface area contributed by atoms with Gasteiger partial charge in [-0.2, -0.15) is 0 Å². The van der Waals surface area contributed by atoms with Gasteiger partial charge < -0.3 is 0 Å². The lowest BCUT2D eigenvalue weighted by molar-refractivity contribution is 0.690. The summed E-state index contributed by atoms with van der Waals surface area (Å²) < 4.78 is 11.1. The van der Waals surface area contributed by atoms with Gasteiger partial charge in [-0.3, -0.25) is 0 Å². The van der Waals surface area contributed by atoms with Gasteiger partial charge in [0.1, 0.15) is 10.0 Å². The van der Waals surface area contributed by atoms with E-state index in [0.717, 1.165) is 5.56 Å². The van der Waals surface area contributed by atoms with Gasteiger partial charge in [-0.1, -0.05) is 23.2 Å². The van der Waals surface area contributed by atoms with Crippen molar-refractivity contribution < 1.29 is 4.21 Å². The second-order valence-electron chi connectivity index (χ2n) is 2.67. The molecular formula is C8H7Cl3OS. The first-order valence-corrected chi connectivity index (χ1v) is 6.21. The van der Waals surface area contributed by atoms with Crippen LogP contribution >= 0.6 is 33.9 Å². The first kappa shape index (κ1) is 11.3. The molecule has 0 bridgehead atoms. The average Bonchev–Trinajstić information content (AvgIpc) is 2.01. The van der Waals surface area contributed by atoms with E-state index in [1.807, 2.05) is 0 Å². The summed E-state index contributed by atoms with van der Waals surface area (Å²) in [5.74, 6) is 0. The molecule has 0 N–H and O–H groups in total. The Morgan fingerprint density at radius 3 is 2.31 bits per heavy atom. The van der Waals surface area contributed by atoms with E-state index in [4.69, 9.17) is 33.9 Å². The van der Waals surface area contributed by atoms with Crippen molar-refractivity contribution in [3.8, 4) is 0 Å². The van der Waals surface area contributed by atoms with Crippen LogP contribution in [0.15, 0.2) is 11.0 Å². The van der Waals surface area contributed by atoms with Crippen LogP contribution in [0.2, 0.25) is 10.0 Å². The quantitative estimate of drug-likeness (QED) is 0.698. The molecule has 5 heteroatoms. The molecule has 0 aliphatic rings. The smallest absolute Gasteiger partial charge is 0.149 e. The third kappa shape index (κ3) is 2.18. The minimum atomic E-state index is -1.62. The Balaban J connectivity index is 3.56. The Labute approximate surface area is 93.9 Å². The summed E-state index contributed by atoms with van der Waals surface area (Å²) in [7, 11) is 3.87. The van der Waals surface area contributed by atoms with Gasteiger partial charge in [-0.25, -0.2) is 4.21 Å². The Hall–Kier alpha value is 0.240. The van der Waals surface area contributed by atoms with E-state index in [1.165, 1.54) is 0 Å². The van der Waals surface area contributed by atoms with Crippen LogP contribution in [-0.4, -0.2) is 4.21 Å². The molecule has 1 aromatic rings. The van der Waals surface area contributed by atoms with E-state index in [9.17, 15) is 4.21 Å². The molecule has 0 aromatic heterocycles. The van der Waals surface area contributed by atoms with E-state index in [1.54, 1.807) is 19.9 Å². The maximum atomic E-state index is 11.1. The summed E-state index contributed by atoms with van der Waals surface area (Å²) in [5, 5.41) is 0.959. The zero-order valence-electron chi connectivity index (χ0n) is 7.03. The first-order valence-electron chi connectivity index (χ1n) is 3.48. The molecule has 0 radical (unpaired) electrons. The van der Waals surface area contributed by atoms with Crippen LogP contribution in [0, 0.1) is 13.8 Å². The molecule has 0 aliphatic heterocycles. The van der Waals surface area contributed by atoms with Crippen molar-refractivity contribution in [1.29, 1.82) is 0 Å². The van der Waals surface area contributed by atoms with Crippen molar-refractivity contribution >= 4 is 43.9 Å². The lowest BCUT2D eigenvalue weighted by Crippen LogP contribution is -1.92. The maximum Gasteiger partial charge on any atom is 0.149 e. The largest absolute Gasteiger partial charge is 0.237 e. The lowest BCUT2D eigenvalue weighted by Gasteiger charge is -2.08. The van der Waals surface area contributed by atoms with Crippen molar-refractivity contribution in [2.45, 2.75) is 18.7 Å². The van der Waals surface area contributed by atoms with Gasteiger partial charge in [0.25, 0.3) is 0 Å². The number of hydrogen-bond acceptors (Lipinski definition) is 1. The first-order chi connectivity index (χ1) is 5.95. The monoisotopic (exact) mass is 256 g/mol. The van der Waals surface area contributed by atoms with Gasteiger partial charge in [0.05, 0.1) is 9.92 Å². The zero-order valence-corrected chi connectivity index (χ0v) is 10.1. The normalized spacial score (nSPS) is 13.0. The van der Waals surface area contributed by atoms with Crippen molar-refractivity contribution in [2.24, 2.45) is 0 Å². The predicted octanol–water partition coefficient (Wildman–Crippen LogP) is 3.87. The molecule has 0 heterocycles. The molecule has 0 spiro atoms. The fraction of sp³-hybridized carbons (Fsp3) is 0.250. The highest BCUT2D eigenvalue weighted by molar-refractivity contribution is 8.08. The Bertz CT molecular complexity index is 350. The molecule has 0 amide bonds. The van der Waals surface area contributed by atoms with E-state index >= 15 is 0 Å². The van der Waals surface area contributed by atoms with Gasteiger partial charge in [-0.05, 0) is 41.7 Å². The summed E-state index contributed by atoms with van der Waals surface area (Å²) in [4.78, 5) is 0.410.